The molecule has 0 atom stereocenters. The normalized spacial score (nSPS) is 14.2. The second-order valence-electron chi connectivity index (χ2n) is 9.27. The maximum atomic E-state index is 14.0. The van der Waals surface area contributed by atoms with Crippen LogP contribution in [-0.4, -0.2) is 32.0 Å². The lowest BCUT2D eigenvalue weighted by atomic mass is 10.0. The maximum Gasteiger partial charge on any atom is 0.261 e. The number of carbonyl (C=O) groups is 1. The van der Waals surface area contributed by atoms with Crippen molar-refractivity contribution in [1.29, 1.82) is 0 Å². The summed E-state index contributed by atoms with van der Waals surface area (Å²) in [4.78, 5) is 26.0. The molecule has 202 valence electrons. The highest BCUT2D eigenvalue weighted by molar-refractivity contribution is 7.95. The molecular weight excluding hydrogens is 541 g/mol. The molecule has 4 aromatic rings. The van der Waals surface area contributed by atoms with E-state index >= 15 is 0 Å². The highest BCUT2D eigenvalue weighted by atomic mass is 32.2. The number of anilines is 1. The van der Waals surface area contributed by atoms with Gasteiger partial charge in [0.1, 0.15) is 17.3 Å². The quantitative estimate of drug-likeness (QED) is 0.344. The fourth-order valence-corrected chi connectivity index (χ4v) is 6.90. The van der Waals surface area contributed by atoms with Gasteiger partial charge in [0.05, 0.1) is 27.2 Å². The van der Waals surface area contributed by atoms with Crippen molar-refractivity contribution in [2.45, 2.75) is 20.8 Å². The molecule has 11 heteroatoms. The fraction of sp³-hybridized carbons (Fsp3) is 0.214. The predicted octanol–water partition coefficient (Wildman–Crippen LogP) is 5.23. The summed E-state index contributed by atoms with van der Waals surface area (Å²) in [5, 5.41) is 4.28. The average molecular weight is 568 g/mol. The van der Waals surface area contributed by atoms with Gasteiger partial charge in [0, 0.05) is 36.3 Å². The zero-order valence-electron chi connectivity index (χ0n) is 21.7. The summed E-state index contributed by atoms with van der Waals surface area (Å²) in [5.74, 6) is 0.185. The van der Waals surface area contributed by atoms with Gasteiger partial charge in [-0.3, -0.25) is 13.9 Å². The van der Waals surface area contributed by atoms with Gasteiger partial charge in [-0.05, 0) is 68.3 Å². The molecule has 0 unspecified atom stereocenters. The minimum absolute atomic E-state index is 0.182. The van der Waals surface area contributed by atoms with E-state index in [1.54, 1.807) is 57.4 Å². The van der Waals surface area contributed by atoms with Crippen molar-refractivity contribution in [1.82, 2.24) is 9.88 Å². The van der Waals surface area contributed by atoms with E-state index in [1.165, 1.54) is 32.3 Å². The summed E-state index contributed by atoms with van der Waals surface area (Å²) in [7, 11) is -2.02. The molecular formula is C28H26FN3O5S2. The van der Waals surface area contributed by atoms with Crippen LogP contribution in [0.5, 0.6) is 11.5 Å². The second-order valence-corrected chi connectivity index (χ2v) is 12.1. The first-order valence-corrected chi connectivity index (χ1v) is 14.5. The summed E-state index contributed by atoms with van der Waals surface area (Å²) < 4.78 is 48.9. The molecule has 0 radical (unpaired) electrons. The van der Waals surface area contributed by atoms with E-state index in [1.807, 2.05) is 6.92 Å². The topological polar surface area (TPSA) is 97.7 Å². The van der Waals surface area contributed by atoms with E-state index in [0.717, 1.165) is 5.41 Å². The minimum Gasteiger partial charge on any atom is -0.456 e. The summed E-state index contributed by atoms with van der Waals surface area (Å²) >= 11 is 1.18. The van der Waals surface area contributed by atoms with Crippen LogP contribution < -0.4 is 19.9 Å². The number of fused-ring (bicyclic) bond motifs is 1. The molecule has 1 N–H and O–H groups in total. The van der Waals surface area contributed by atoms with Crippen LogP contribution in [0, 0.1) is 19.7 Å². The highest BCUT2D eigenvalue weighted by Gasteiger charge is 2.26. The van der Waals surface area contributed by atoms with Gasteiger partial charge in [0.2, 0.25) is 0 Å². The van der Waals surface area contributed by atoms with Crippen molar-refractivity contribution in [3.8, 4) is 22.6 Å². The number of carbonyl (C=O) groups excluding carboxylic acids is 1. The number of amides is 1. The van der Waals surface area contributed by atoms with Gasteiger partial charge in [0.25, 0.3) is 21.5 Å². The van der Waals surface area contributed by atoms with Gasteiger partial charge < -0.3 is 14.6 Å². The van der Waals surface area contributed by atoms with Crippen molar-refractivity contribution in [2.75, 3.05) is 17.4 Å². The lowest BCUT2D eigenvalue weighted by Gasteiger charge is -2.21. The second kappa shape index (κ2) is 9.97. The number of ether oxygens (including phenoxy) is 1. The monoisotopic (exact) mass is 567 g/mol. The van der Waals surface area contributed by atoms with Crippen LogP contribution in [0.1, 0.15) is 27.7 Å². The predicted molar refractivity (Wildman–Crippen MR) is 152 cm³/mol. The van der Waals surface area contributed by atoms with E-state index in [0.29, 0.717) is 60.9 Å². The van der Waals surface area contributed by atoms with Crippen LogP contribution in [0.2, 0.25) is 0 Å². The SMILES string of the molecule is CCNC(=O)c1cc2c(=O)n(C)cc(-c3cc(N4CC=CS4(=O)=O)ccc3Oc3c(C)cc(F)cc3C)c2s1. The number of nitrogens with zero attached hydrogens (tertiary/aromatic N) is 2. The lowest BCUT2D eigenvalue weighted by Crippen LogP contribution is -2.24. The number of hydrogen-bond donors (Lipinski definition) is 1. The molecule has 1 aliphatic heterocycles. The van der Waals surface area contributed by atoms with E-state index in [-0.39, 0.29) is 23.8 Å². The third-order valence-corrected chi connectivity index (χ3v) is 9.11. The van der Waals surface area contributed by atoms with Crippen molar-refractivity contribution in [3.05, 3.63) is 86.3 Å². The molecule has 0 spiro atoms. The van der Waals surface area contributed by atoms with Crippen LogP contribution in [0.25, 0.3) is 21.2 Å². The number of benzene rings is 2. The van der Waals surface area contributed by atoms with E-state index in [4.69, 9.17) is 4.74 Å². The highest BCUT2D eigenvalue weighted by Crippen LogP contribution is 2.43. The standard InChI is InChI=1S/C28H26FN3O5S2/c1-5-30-27(33)24-14-21-26(38-24)22(15-31(4)28(21)34)20-13-19(32-9-6-10-39(32,35)36)7-8-23(20)37-25-16(2)11-18(29)12-17(25)3/h6-8,10-15H,5,9H2,1-4H3,(H,30,33). The summed E-state index contributed by atoms with van der Waals surface area (Å²) in [6.07, 6.45) is 3.21. The number of hydrogen-bond acceptors (Lipinski definition) is 6. The lowest BCUT2D eigenvalue weighted by molar-refractivity contribution is 0.0960. The van der Waals surface area contributed by atoms with Gasteiger partial charge in [-0.25, -0.2) is 12.8 Å². The number of pyridine rings is 1. The van der Waals surface area contributed by atoms with E-state index in [2.05, 4.69) is 5.32 Å². The largest absolute Gasteiger partial charge is 0.456 e. The van der Waals surface area contributed by atoms with E-state index < -0.39 is 10.0 Å². The Bertz CT molecular complexity index is 1820. The Labute approximate surface area is 229 Å². The first-order chi connectivity index (χ1) is 18.5. The number of aromatic nitrogens is 1. The third kappa shape index (κ3) is 4.83. The first kappa shape index (κ1) is 26.6. The van der Waals surface area contributed by atoms with Crippen molar-refractivity contribution in [3.63, 3.8) is 0 Å². The molecule has 0 saturated heterocycles. The molecule has 0 fully saturated rings. The number of sulfonamides is 1. The zero-order valence-corrected chi connectivity index (χ0v) is 23.4. The van der Waals surface area contributed by atoms with Crippen LogP contribution in [-0.2, 0) is 17.1 Å². The maximum absolute atomic E-state index is 14.0. The average Bonchev–Trinajstić information content (AvgIpc) is 3.47. The zero-order chi connectivity index (χ0) is 28.1. The van der Waals surface area contributed by atoms with Gasteiger partial charge in [-0.15, -0.1) is 11.3 Å². The van der Waals surface area contributed by atoms with Crippen LogP contribution >= 0.6 is 11.3 Å². The van der Waals surface area contributed by atoms with Crippen molar-refractivity contribution >= 4 is 43.0 Å². The summed E-state index contributed by atoms with van der Waals surface area (Å²) in [6.45, 7) is 5.91. The fourth-order valence-electron chi connectivity index (χ4n) is 4.63. The Morgan fingerprint density at radius 1 is 1.13 bits per heavy atom. The minimum atomic E-state index is -3.64. The molecule has 39 heavy (non-hydrogen) atoms. The first-order valence-electron chi connectivity index (χ1n) is 12.2. The Morgan fingerprint density at radius 3 is 2.49 bits per heavy atom. The van der Waals surface area contributed by atoms with Crippen LogP contribution in [0.3, 0.4) is 0 Å². The molecule has 0 bridgehead atoms. The molecule has 1 aliphatic rings. The molecule has 0 saturated carbocycles. The van der Waals surface area contributed by atoms with Crippen molar-refractivity contribution < 1.29 is 22.3 Å². The van der Waals surface area contributed by atoms with Crippen molar-refractivity contribution in [2.24, 2.45) is 7.05 Å². The van der Waals surface area contributed by atoms with Gasteiger partial charge >= 0.3 is 0 Å². The molecule has 2 aromatic carbocycles. The Kier molecular flexibility index (Phi) is 6.81. The smallest absolute Gasteiger partial charge is 0.261 e. The Balaban J connectivity index is 1.76. The van der Waals surface area contributed by atoms with Gasteiger partial charge in [-0.1, -0.05) is 6.08 Å². The molecule has 0 aliphatic carbocycles. The summed E-state index contributed by atoms with van der Waals surface area (Å²) in [6, 6.07) is 9.33. The Hall–Kier alpha value is -3.96. The van der Waals surface area contributed by atoms with Gasteiger partial charge in [0.15, 0.2) is 0 Å². The molecule has 8 nitrogen and oxygen atoms in total. The number of rotatable bonds is 6. The molecule has 2 aromatic heterocycles. The molecule has 5 rings (SSSR count). The number of thiophene rings is 1. The molecule has 1 amide bonds. The van der Waals surface area contributed by atoms with Crippen LogP contribution in [0.15, 0.2) is 58.9 Å². The van der Waals surface area contributed by atoms with E-state index in [9.17, 15) is 22.4 Å². The number of nitrogens with one attached hydrogen (secondary N) is 1. The van der Waals surface area contributed by atoms with Crippen LogP contribution in [0.4, 0.5) is 10.1 Å². The number of aryl methyl sites for hydroxylation is 3. The molecule has 3 heterocycles. The third-order valence-electron chi connectivity index (χ3n) is 6.44. The summed E-state index contributed by atoms with van der Waals surface area (Å²) in [5.41, 5.74) is 2.44. The Morgan fingerprint density at radius 2 is 1.85 bits per heavy atom. The number of halogens is 1. The van der Waals surface area contributed by atoms with Gasteiger partial charge in [-0.2, -0.15) is 0 Å².